The standard InChI is InChI=1S/C30H29N3O2S/c1-34-28-17-16-25(20-32-33-30(31)36-22-24-12-6-3-7-13-24)19-27(28)21-35-29-15-9-8-14-26(29)18-23-10-4-2-5-11-23/h2-17,19-20H,18,21-22H2,1H3,(H2,31,33). The number of ether oxygens (including phenoxy) is 2. The first-order valence-electron chi connectivity index (χ1n) is 11.7. The van der Waals surface area contributed by atoms with Crippen molar-refractivity contribution in [1.82, 2.24) is 0 Å². The number of rotatable bonds is 10. The van der Waals surface area contributed by atoms with Gasteiger partial charge in [0.1, 0.15) is 18.1 Å². The molecule has 0 radical (unpaired) electrons. The van der Waals surface area contributed by atoms with Crippen LogP contribution in [0.2, 0.25) is 0 Å². The van der Waals surface area contributed by atoms with E-state index in [2.05, 4.69) is 52.7 Å². The zero-order valence-corrected chi connectivity index (χ0v) is 21.0. The van der Waals surface area contributed by atoms with Crippen molar-refractivity contribution in [2.75, 3.05) is 7.11 Å². The van der Waals surface area contributed by atoms with Crippen LogP contribution < -0.4 is 15.2 Å². The van der Waals surface area contributed by atoms with Crippen molar-refractivity contribution >= 4 is 23.1 Å². The Hall–Kier alpha value is -4.03. The number of benzene rings is 4. The van der Waals surface area contributed by atoms with Crippen molar-refractivity contribution in [2.24, 2.45) is 15.9 Å². The molecule has 0 aromatic heterocycles. The molecule has 0 heterocycles. The first kappa shape index (κ1) is 25.1. The quantitative estimate of drug-likeness (QED) is 0.156. The van der Waals surface area contributed by atoms with E-state index in [9.17, 15) is 0 Å². The third kappa shape index (κ3) is 7.48. The number of thioether (sulfide) groups is 1. The minimum Gasteiger partial charge on any atom is -0.496 e. The average molecular weight is 496 g/mol. The van der Waals surface area contributed by atoms with Gasteiger partial charge in [0, 0.05) is 17.7 Å². The van der Waals surface area contributed by atoms with Gasteiger partial charge in [0.15, 0.2) is 5.17 Å². The van der Waals surface area contributed by atoms with Gasteiger partial charge in [-0.15, -0.1) is 5.10 Å². The van der Waals surface area contributed by atoms with Crippen LogP contribution in [0.3, 0.4) is 0 Å². The molecule has 36 heavy (non-hydrogen) atoms. The number of hydrogen-bond donors (Lipinski definition) is 1. The lowest BCUT2D eigenvalue weighted by Crippen LogP contribution is -2.06. The maximum absolute atomic E-state index is 6.23. The SMILES string of the molecule is COc1ccc(C=NN=C(N)SCc2ccccc2)cc1COc1ccccc1Cc1ccccc1. The van der Waals surface area contributed by atoms with Gasteiger partial charge < -0.3 is 15.2 Å². The second kappa shape index (κ2) is 13.2. The highest BCUT2D eigenvalue weighted by Gasteiger charge is 2.08. The first-order chi connectivity index (χ1) is 17.7. The number of amidine groups is 1. The highest BCUT2D eigenvalue weighted by molar-refractivity contribution is 8.13. The molecule has 0 saturated heterocycles. The van der Waals surface area contributed by atoms with Crippen LogP contribution in [0.5, 0.6) is 11.5 Å². The molecular weight excluding hydrogens is 466 g/mol. The summed E-state index contributed by atoms with van der Waals surface area (Å²) in [6.45, 7) is 0.370. The summed E-state index contributed by atoms with van der Waals surface area (Å²) in [5.41, 5.74) is 11.4. The van der Waals surface area contributed by atoms with E-state index in [1.165, 1.54) is 22.9 Å². The fourth-order valence-corrected chi connectivity index (χ4v) is 4.28. The molecule has 0 spiro atoms. The van der Waals surface area contributed by atoms with Crippen LogP contribution in [0.15, 0.2) is 113 Å². The van der Waals surface area contributed by atoms with Gasteiger partial charge in [-0.05, 0) is 46.5 Å². The highest BCUT2D eigenvalue weighted by Crippen LogP contribution is 2.25. The van der Waals surface area contributed by atoms with Gasteiger partial charge in [-0.3, -0.25) is 0 Å². The maximum Gasteiger partial charge on any atom is 0.180 e. The molecule has 0 aliphatic carbocycles. The van der Waals surface area contributed by atoms with Crippen molar-refractivity contribution in [3.63, 3.8) is 0 Å². The van der Waals surface area contributed by atoms with Crippen molar-refractivity contribution in [1.29, 1.82) is 0 Å². The number of nitrogens with two attached hydrogens (primary N) is 1. The van der Waals surface area contributed by atoms with Crippen LogP contribution in [0, 0.1) is 0 Å². The number of hydrogen-bond acceptors (Lipinski definition) is 5. The van der Waals surface area contributed by atoms with E-state index < -0.39 is 0 Å². The Balaban J connectivity index is 1.40. The molecule has 0 bridgehead atoms. The van der Waals surface area contributed by atoms with Crippen LogP contribution in [-0.4, -0.2) is 18.5 Å². The van der Waals surface area contributed by atoms with Gasteiger partial charge in [0.25, 0.3) is 0 Å². The lowest BCUT2D eigenvalue weighted by molar-refractivity contribution is 0.294. The van der Waals surface area contributed by atoms with E-state index in [1.807, 2.05) is 60.7 Å². The van der Waals surface area contributed by atoms with Gasteiger partial charge in [-0.25, -0.2) is 0 Å². The van der Waals surface area contributed by atoms with E-state index in [4.69, 9.17) is 15.2 Å². The Bertz CT molecular complexity index is 1310. The molecule has 2 N–H and O–H groups in total. The molecular formula is C30H29N3O2S. The average Bonchev–Trinajstić information content (AvgIpc) is 2.93. The molecule has 0 fully saturated rings. The molecule has 4 rings (SSSR count). The van der Waals surface area contributed by atoms with Crippen LogP contribution >= 0.6 is 11.8 Å². The van der Waals surface area contributed by atoms with Crippen molar-refractivity contribution < 1.29 is 9.47 Å². The molecule has 0 atom stereocenters. The second-order valence-corrected chi connectivity index (χ2v) is 9.08. The highest BCUT2D eigenvalue weighted by atomic mass is 32.2. The van der Waals surface area contributed by atoms with Gasteiger partial charge >= 0.3 is 0 Å². The van der Waals surface area contributed by atoms with Crippen LogP contribution in [0.1, 0.15) is 27.8 Å². The van der Waals surface area contributed by atoms with E-state index in [0.29, 0.717) is 11.8 Å². The van der Waals surface area contributed by atoms with Crippen LogP contribution in [0.25, 0.3) is 0 Å². The predicted molar refractivity (Wildman–Crippen MR) is 150 cm³/mol. The zero-order chi connectivity index (χ0) is 25.0. The normalized spacial score (nSPS) is 11.5. The Morgan fingerprint density at radius 3 is 2.25 bits per heavy atom. The molecule has 6 heteroatoms. The minimum atomic E-state index is 0.370. The third-order valence-corrected chi connectivity index (χ3v) is 6.35. The van der Waals surface area contributed by atoms with E-state index >= 15 is 0 Å². The molecule has 0 unspecified atom stereocenters. The predicted octanol–water partition coefficient (Wildman–Crippen LogP) is 6.45. The Morgan fingerprint density at radius 1 is 0.806 bits per heavy atom. The smallest absolute Gasteiger partial charge is 0.180 e. The van der Waals surface area contributed by atoms with E-state index in [-0.39, 0.29) is 0 Å². The Labute approximate surface area is 216 Å². The summed E-state index contributed by atoms with van der Waals surface area (Å²) in [6.07, 6.45) is 2.49. The zero-order valence-electron chi connectivity index (χ0n) is 20.2. The number of para-hydroxylation sites is 1. The molecule has 0 saturated carbocycles. The molecule has 4 aromatic rings. The van der Waals surface area contributed by atoms with Crippen LogP contribution in [-0.2, 0) is 18.8 Å². The lowest BCUT2D eigenvalue weighted by atomic mass is 10.0. The Kier molecular flexibility index (Phi) is 9.17. The summed E-state index contributed by atoms with van der Waals surface area (Å²) in [6, 6.07) is 34.5. The molecule has 5 nitrogen and oxygen atoms in total. The molecule has 4 aromatic carbocycles. The topological polar surface area (TPSA) is 69.2 Å². The molecule has 0 amide bonds. The first-order valence-corrected chi connectivity index (χ1v) is 12.6. The van der Waals surface area contributed by atoms with Crippen LogP contribution in [0.4, 0.5) is 0 Å². The number of methoxy groups -OCH3 is 1. The maximum atomic E-state index is 6.23. The summed E-state index contributed by atoms with van der Waals surface area (Å²) in [7, 11) is 1.66. The fraction of sp³-hybridized carbons (Fsp3) is 0.133. The molecule has 0 aliphatic rings. The van der Waals surface area contributed by atoms with Gasteiger partial charge in [-0.2, -0.15) is 5.10 Å². The fourth-order valence-electron chi connectivity index (χ4n) is 3.67. The summed E-state index contributed by atoms with van der Waals surface area (Å²) >= 11 is 1.46. The van der Waals surface area contributed by atoms with Crippen molar-refractivity contribution in [2.45, 2.75) is 18.8 Å². The summed E-state index contributed by atoms with van der Waals surface area (Å²) < 4.78 is 11.8. The van der Waals surface area contributed by atoms with Gasteiger partial charge in [-0.1, -0.05) is 90.6 Å². The summed E-state index contributed by atoms with van der Waals surface area (Å²) in [5.74, 6) is 2.37. The lowest BCUT2D eigenvalue weighted by Gasteiger charge is -2.14. The monoisotopic (exact) mass is 495 g/mol. The minimum absolute atomic E-state index is 0.370. The third-order valence-electron chi connectivity index (χ3n) is 5.49. The Morgan fingerprint density at radius 2 is 1.50 bits per heavy atom. The summed E-state index contributed by atoms with van der Waals surface area (Å²) in [4.78, 5) is 0. The van der Waals surface area contributed by atoms with Crippen molar-refractivity contribution in [3.8, 4) is 11.5 Å². The van der Waals surface area contributed by atoms with E-state index in [0.717, 1.165) is 40.4 Å². The van der Waals surface area contributed by atoms with E-state index in [1.54, 1.807) is 13.3 Å². The second-order valence-electron chi connectivity index (χ2n) is 8.09. The molecule has 182 valence electrons. The summed E-state index contributed by atoms with van der Waals surface area (Å²) in [5, 5.41) is 8.70. The molecule has 0 aliphatic heterocycles. The van der Waals surface area contributed by atoms with Gasteiger partial charge in [0.2, 0.25) is 0 Å². The number of nitrogens with zero attached hydrogens (tertiary/aromatic N) is 2. The largest absolute Gasteiger partial charge is 0.496 e. The van der Waals surface area contributed by atoms with Gasteiger partial charge in [0.05, 0.1) is 13.3 Å². The van der Waals surface area contributed by atoms with Crippen molar-refractivity contribution in [3.05, 3.63) is 131 Å².